The van der Waals surface area contributed by atoms with Gasteiger partial charge in [-0.2, -0.15) is 0 Å². The van der Waals surface area contributed by atoms with Crippen LogP contribution in [0.4, 0.5) is 5.69 Å². The number of nitrogens with one attached hydrogen (secondary N) is 2. The molecule has 7 heteroatoms. The zero-order valence-electron chi connectivity index (χ0n) is 19.3. The normalized spacial score (nSPS) is 18.4. The Labute approximate surface area is 214 Å². The first-order valence-electron chi connectivity index (χ1n) is 11.7. The molecule has 0 bridgehead atoms. The SMILES string of the molecule is CN=C(NCc1cccc(NC(=O)C2CCC2)c1)N1CCC(COCc2ccccc2)C1.I. The van der Waals surface area contributed by atoms with Crippen LogP contribution in [-0.2, 0) is 22.7 Å². The lowest BCUT2D eigenvalue weighted by molar-refractivity contribution is -0.122. The smallest absolute Gasteiger partial charge is 0.227 e. The van der Waals surface area contributed by atoms with Crippen molar-refractivity contribution in [1.29, 1.82) is 0 Å². The maximum atomic E-state index is 12.2. The molecule has 1 amide bonds. The van der Waals surface area contributed by atoms with Gasteiger partial charge in [0.1, 0.15) is 0 Å². The lowest BCUT2D eigenvalue weighted by atomic mass is 9.85. The number of guanidine groups is 1. The van der Waals surface area contributed by atoms with Crippen LogP contribution in [0, 0.1) is 11.8 Å². The fourth-order valence-corrected chi connectivity index (χ4v) is 4.27. The van der Waals surface area contributed by atoms with Crippen LogP contribution in [0.15, 0.2) is 59.6 Å². The molecular weight excluding hydrogens is 527 g/mol. The fraction of sp³-hybridized carbons (Fsp3) is 0.462. The Hall–Kier alpha value is -2.13. The Morgan fingerprint density at radius 2 is 1.88 bits per heavy atom. The highest BCUT2D eigenvalue weighted by molar-refractivity contribution is 14.0. The predicted octanol–water partition coefficient (Wildman–Crippen LogP) is 4.66. The maximum Gasteiger partial charge on any atom is 0.227 e. The van der Waals surface area contributed by atoms with Crippen molar-refractivity contribution in [3.05, 3.63) is 65.7 Å². The molecule has 2 fully saturated rings. The zero-order valence-corrected chi connectivity index (χ0v) is 21.7. The number of likely N-dealkylation sites (tertiary alicyclic amines) is 1. The van der Waals surface area contributed by atoms with Crippen molar-refractivity contribution >= 4 is 41.5 Å². The van der Waals surface area contributed by atoms with Crippen molar-refractivity contribution in [3.8, 4) is 0 Å². The molecule has 33 heavy (non-hydrogen) atoms. The molecule has 1 saturated heterocycles. The summed E-state index contributed by atoms with van der Waals surface area (Å²) in [5, 5.41) is 6.54. The highest BCUT2D eigenvalue weighted by atomic mass is 127. The minimum Gasteiger partial charge on any atom is -0.376 e. The van der Waals surface area contributed by atoms with Crippen LogP contribution >= 0.6 is 24.0 Å². The van der Waals surface area contributed by atoms with Crippen LogP contribution in [0.3, 0.4) is 0 Å². The van der Waals surface area contributed by atoms with E-state index in [0.717, 1.165) is 62.6 Å². The number of aliphatic imine (C=N–C) groups is 1. The number of carbonyl (C=O) groups is 1. The zero-order chi connectivity index (χ0) is 22.2. The van der Waals surface area contributed by atoms with Gasteiger partial charge in [0.25, 0.3) is 0 Å². The second kappa shape index (κ2) is 12.9. The van der Waals surface area contributed by atoms with Crippen LogP contribution < -0.4 is 10.6 Å². The highest BCUT2D eigenvalue weighted by Crippen LogP contribution is 2.27. The number of hydrogen-bond acceptors (Lipinski definition) is 3. The number of amides is 1. The monoisotopic (exact) mass is 562 g/mol. The van der Waals surface area contributed by atoms with Gasteiger partial charge in [-0.05, 0) is 42.5 Å². The van der Waals surface area contributed by atoms with Gasteiger partial charge in [0.2, 0.25) is 5.91 Å². The van der Waals surface area contributed by atoms with Crippen LogP contribution in [0.5, 0.6) is 0 Å². The predicted molar refractivity (Wildman–Crippen MR) is 144 cm³/mol. The molecule has 0 radical (unpaired) electrons. The lowest BCUT2D eigenvalue weighted by Crippen LogP contribution is -2.39. The third-order valence-corrected chi connectivity index (χ3v) is 6.38. The molecular formula is C26H35IN4O2. The summed E-state index contributed by atoms with van der Waals surface area (Å²) in [6.45, 7) is 4.04. The summed E-state index contributed by atoms with van der Waals surface area (Å²) in [5.41, 5.74) is 3.21. The quantitative estimate of drug-likeness (QED) is 0.279. The van der Waals surface area contributed by atoms with E-state index in [4.69, 9.17) is 4.74 Å². The first-order chi connectivity index (χ1) is 15.7. The molecule has 1 aliphatic heterocycles. The van der Waals surface area contributed by atoms with Crippen molar-refractivity contribution in [2.45, 2.75) is 38.8 Å². The Kier molecular flexibility index (Phi) is 9.99. The van der Waals surface area contributed by atoms with E-state index in [-0.39, 0.29) is 35.8 Å². The summed E-state index contributed by atoms with van der Waals surface area (Å²) in [5.74, 6) is 1.77. The second-order valence-electron chi connectivity index (χ2n) is 8.82. The van der Waals surface area contributed by atoms with Gasteiger partial charge >= 0.3 is 0 Å². The van der Waals surface area contributed by atoms with Crippen molar-refractivity contribution < 1.29 is 9.53 Å². The molecule has 178 valence electrons. The summed E-state index contributed by atoms with van der Waals surface area (Å²) < 4.78 is 5.95. The average Bonchev–Trinajstić information content (AvgIpc) is 3.23. The summed E-state index contributed by atoms with van der Waals surface area (Å²) >= 11 is 0. The first-order valence-corrected chi connectivity index (χ1v) is 11.7. The van der Waals surface area contributed by atoms with E-state index in [2.05, 4.69) is 38.7 Å². The minimum absolute atomic E-state index is 0. The number of nitrogens with zero attached hydrogens (tertiary/aromatic N) is 2. The topological polar surface area (TPSA) is 66.0 Å². The number of halogens is 1. The van der Waals surface area contributed by atoms with Crippen LogP contribution in [0.25, 0.3) is 0 Å². The molecule has 1 unspecified atom stereocenters. The first kappa shape index (κ1) is 25.5. The van der Waals surface area contributed by atoms with Crippen molar-refractivity contribution in [2.24, 2.45) is 16.8 Å². The number of hydrogen-bond donors (Lipinski definition) is 2. The van der Waals surface area contributed by atoms with Gasteiger partial charge in [0.15, 0.2) is 5.96 Å². The molecule has 2 N–H and O–H groups in total. The van der Waals surface area contributed by atoms with E-state index in [9.17, 15) is 4.79 Å². The molecule has 1 aliphatic carbocycles. The van der Waals surface area contributed by atoms with Gasteiger partial charge in [0, 0.05) is 44.2 Å². The molecule has 0 aromatic heterocycles. The Morgan fingerprint density at radius 3 is 2.61 bits per heavy atom. The van der Waals surface area contributed by atoms with Crippen molar-refractivity contribution in [3.63, 3.8) is 0 Å². The Bertz CT molecular complexity index is 918. The number of carbonyl (C=O) groups excluding carboxylic acids is 1. The van der Waals surface area contributed by atoms with Crippen LogP contribution in [0.1, 0.15) is 36.8 Å². The van der Waals surface area contributed by atoms with Gasteiger partial charge in [-0.25, -0.2) is 0 Å². The molecule has 1 saturated carbocycles. The second-order valence-corrected chi connectivity index (χ2v) is 8.82. The largest absolute Gasteiger partial charge is 0.376 e. The highest BCUT2D eigenvalue weighted by Gasteiger charge is 2.26. The summed E-state index contributed by atoms with van der Waals surface area (Å²) in [6.07, 6.45) is 4.30. The molecule has 0 spiro atoms. The third kappa shape index (κ3) is 7.43. The standard InChI is InChI=1S/C26H34N4O2.HI/c1-27-26(30-14-13-22(17-30)19-32-18-20-7-3-2-4-8-20)28-16-21-9-5-12-24(15-21)29-25(31)23-10-6-11-23;/h2-5,7-9,12,15,22-23H,6,10-11,13-14,16-19H2,1H3,(H,27,28)(H,29,31);1H. The molecule has 6 nitrogen and oxygen atoms in total. The van der Waals surface area contributed by atoms with E-state index >= 15 is 0 Å². The Balaban J connectivity index is 0.00000306. The van der Waals surface area contributed by atoms with E-state index < -0.39 is 0 Å². The molecule has 2 aromatic carbocycles. The van der Waals surface area contributed by atoms with E-state index in [0.29, 0.717) is 19.1 Å². The molecule has 4 rings (SSSR count). The summed E-state index contributed by atoms with van der Waals surface area (Å²) in [4.78, 5) is 19.0. The summed E-state index contributed by atoms with van der Waals surface area (Å²) in [6, 6.07) is 18.4. The van der Waals surface area contributed by atoms with Gasteiger partial charge < -0.3 is 20.3 Å². The summed E-state index contributed by atoms with van der Waals surface area (Å²) in [7, 11) is 1.83. The average molecular weight is 562 g/mol. The van der Waals surface area contributed by atoms with E-state index in [1.54, 1.807) is 0 Å². The van der Waals surface area contributed by atoms with Gasteiger partial charge in [-0.15, -0.1) is 24.0 Å². The van der Waals surface area contributed by atoms with E-state index in [1.807, 2.05) is 43.4 Å². The number of rotatable bonds is 8. The molecule has 2 aliphatic rings. The fourth-order valence-electron chi connectivity index (χ4n) is 4.27. The molecule has 1 atom stereocenters. The number of benzene rings is 2. The lowest BCUT2D eigenvalue weighted by Gasteiger charge is -2.24. The van der Waals surface area contributed by atoms with Crippen molar-refractivity contribution in [1.82, 2.24) is 10.2 Å². The van der Waals surface area contributed by atoms with Gasteiger partial charge in [-0.1, -0.05) is 48.9 Å². The van der Waals surface area contributed by atoms with Crippen LogP contribution in [0.2, 0.25) is 0 Å². The minimum atomic E-state index is 0. The van der Waals surface area contributed by atoms with Crippen LogP contribution in [-0.4, -0.2) is 43.5 Å². The van der Waals surface area contributed by atoms with Gasteiger partial charge in [0.05, 0.1) is 13.2 Å². The number of ether oxygens (including phenoxy) is 1. The van der Waals surface area contributed by atoms with Gasteiger partial charge in [-0.3, -0.25) is 9.79 Å². The maximum absolute atomic E-state index is 12.2. The third-order valence-electron chi connectivity index (χ3n) is 6.38. The molecule has 1 heterocycles. The van der Waals surface area contributed by atoms with E-state index in [1.165, 1.54) is 5.56 Å². The molecule has 2 aromatic rings. The Morgan fingerprint density at radius 1 is 1.09 bits per heavy atom. The van der Waals surface area contributed by atoms with Crippen molar-refractivity contribution in [2.75, 3.05) is 32.1 Å². The number of anilines is 1.